The number of rotatable bonds is 5. The van der Waals surface area contributed by atoms with Gasteiger partial charge in [0.2, 0.25) is 0 Å². The van der Waals surface area contributed by atoms with Crippen LogP contribution in [0.15, 0.2) is 23.2 Å². The highest BCUT2D eigenvalue weighted by atomic mass is 127. The third-order valence-electron chi connectivity index (χ3n) is 4.77. The summed E-state index contributed by atoms with van der Waals surface area (Å²) in [6.45, 7) is 8.06. The van der Waals surface area contributed by atoms with Crippen molar-refractivity contribution in [2.24, 2.45) is 4.99 Å². The summed E-state index contributed by atoms with van der Waals surface area (Å²) < 4.78 is 17.0. The van der Waals surface area contributed by atoms with E-state index in [0.29, 0.717) is 19.3 Å². The standard InChI is InChI=1S/C19H29N3O3.HI/c1-19(2,14-6-7-16-17(11-14)25-10-9-24-16)13-22-18(20-3)21-12-15-5-4-8-23-15;/h6-7,11,15H,4-5,8-10,12-13H2,1-3H3,(H2,20,21,22);1H. The third kappa shape index (κ3) is 5.39. The Labute approximate surface area is 173 Å². The molecule has 1 aromatic rings. The molecule has 7 heteroatoms. The number of halogens is 1. The zero-order valence-corrected chi connectivity index (χ0v) is 18.2. The average Bonchev–Trinajstić information content (AvgIpc) is 3.15. The fourth-order valence-corrected chi connectivity index (χ4v) is 3.11. The molecule has 1 aromatic carbocycles. The molecule has 0 amide bonds. The Morgan fingerprint density at radius 2 is 1.92 bits per heavy atom. The minimum absolute atomic E-state index is 0. The van der Waals surface area contributed by atoms with E-state index in [9.17, 15) is 0 Å². The molecule has 1 unspecified atom stereocenters. The van der Waals surface area contributed by atoms with Gasteiger partial charge < -0.3 is 24.8 Å². The Bertz CT molecular complexity index is 616. The van der Waals surface area contributed by atoms with Gasteiger partial charge in [-0.05, 0) is 30.5 Å². The summed E-state index contributed by atoms with van der Waals surface area (Å²) in [5.41, 5.74) is 1.14. The van der Waals surface area contributed by atoms with Gasteiger partial charge in [0, 0.05) is 32.2 Å². The van der Waals surface area contributed by atoms with Crippen molar-refractivity contribution in [1.29, 1.82) is 0 Å². The van der Waals surface area contributed by atoms with Crippen molar-refractivity contribution in [2.75, 3.05) is 40.0 Å². The molecule has 2 N–H and O–H groups in total. The maximum absolute atomic E-state index is 5.71. The van der Waals surface area contributed by atoms with Crippen LogP contribution in [0.5, 0.6) is 11.5 Å². The zero-order chi connectivity index (χ0) is 17.7. The van der Waals surface area contributed by atoms with Crippen LogP contribution in [-0.4, -0.2) is 52.0 Å². The van der Waals surface area contributed by atoms with E-state index in [0.717, 1.165) is 50.0 Å². The predicted octanol–water partition coefficient (Wildman–Crippen LogP) is 2.70. The zero-order valence-electron chi connectivity index (χ0n) is 15.8. The lowest BCUT2D eigenvalue weighted by Gasteiger charge is -2.28. The summed E-state index contributed by atoms with van der Waals surface area (Å²) in [4.78, 5) is 4.31. The molecule has 2 aliphatic heterocycles. The monoisotopic (exact) mass is 475 g/mol. The number of benzene rings is 1. The Kier molecular flexibility index (Phi) is 7.82. The number of nitrogens with zero attached hydrogens (tertiary/aromatic N) is 1. The fraction of sp³-hybridized carbons (Fsp3) is 0.632. The lowest BCUT2D eigenvalue weighted by atomic mass is 9.84. The second-order valence-electron chi connectivity index (χ2n) is 7.18. The van der Waals surface area contributed by atoms with Crippen molar-refractivity contribution < 1.29 is 14.2 Å². The molecule has 146 valence electrons. The molecule has 26 heavy (non-hydrogen) atoms. The van der Waals surface area contributed by atoms with Crippen LogP contribution < -0.4 is 20.1 Å². The molecule has 2 heterocycles. The van der Waals surface area contributed by atoms with Crippen molar-refractivity contribution in [1.82, 2.24) is 10.6 Å². The van der Waals surface area contributed by atoms with Crippen molar-refractivity contribution in [2.45, 2.75) is 38.2 Å². The van der Waals surface area contributed by atoms with Crippen LogP contribution >= 0.6 is 24.0 Å². The maximum atomic E-state index is 5.71. The predicted molar refractivity (Wildman–Crippen MR) is 114 cm³/mol. The highest BCUT2D eigenvalue weighted by molar-refractivity contribution is 14.0. The van der Waals surface area contributed by atoms with Gasteiger partial charge in [-0.1, -0.05) is 19.9 Å². The normalized spacial score (nSPS) is 19.7. The quantitative estimate of drug-likeness (QED) is 0.390. The van der Waals surface area contributed by atoms with Gasteiger partial charge in [-0.2, -0.15) is 0 Å². The van der Waals surface area contributed by atoms with E-state index in [2.05, 4.69) is 41.6 Å². The minimum Gasteiger partial charge on any atom is -0.486 e. The van der Waals surface area contributed by atoms with Crippen LogP contribution in [0.4, 0.5) is 0 Å². The number of ether oxygens (including phenoxy) is 3. The topological polar surface area (TPSA) is 64.1 Å². The van der Waals surface area contributed by atoms with Crippen LogP contribution in [0.1, 0.15) is 32.3 Å². The van der Waals surface area contributed by atoms with E-state index >= 15 is 0 Å². The minimum atomic E-state index is -0.0721. The second kappa shape index (κ2) is 9.64. The molecule has 2 aliphatic rings. The molecule has 0 bridgehead atoms. The molecule has 6 nitrogen and oxygen atoms in total. The number of fused-ring (bicyclic) bond motifs is 1. The van der Waals surface area contributed by atoms with Crippen molar-refractivity contribution in [3.05, 3.63) is 23.8 Å². The maximum Gasteiger partial charge on any atom is 0.191 e. The molecule has 0 saturated carbocycles. The molecule has 1 saturated heterocycles. The number of hydrogen-bond acceptors (Lipinski definition) is 4. The fourth-order valence-electron chi connectivity index (χ4n) is 3.11. The lowest BCUT2D eigenvalue weighted by Crippen LogP contribution is -2.45. The van der Waals surface area contributed by atoms with Gasteiger partial charge in [0.05, 0.1) is 6.10 Å². The van der Waals surface area contributed by atoms with E-state index in [1.165, 1.54) is 5.56 Å². The highest BCUT2D eigenvalue weighted by Gasteiger charge is 2.24. The smallest absolute Gasteiger partial charge is 0.191 e. The summed E-state index contributed by atoms with van der Waals surface area (Å²) in [5.74, 6) is 2.46. The van der Waals surface area contributed by atoms with Crippen LogP contribution in [0.25, 0.3) is 0 Å². The van der Waals surface area contributed by atoms with Gasteiger partial charge in [0.25, 0.3) is 0 Å². The van der Waals surface area contributed by atoms with Crippen molar-refractivity contribution >= 4 is 29.9 Å². The Balaban J connectivity index is 0.00000243. The molecule has 3 rings (SSSR count). The molecule has 0 radical (unpaired) electrons. The molecule has 0 spiro atoms. The van der Waals surface area contributed by atoms with Gasteiger partial charge in [0.1, 0.15) is 13.2 Å². The summed E-state index contributed by atoms with van der Waals surface area (Å²) in [7, 11) is 1.79. The van der Waals surface area contributed by atoms with E-state index in [-0.39, 0.29) is 29.4 Å². The SMILES string of the molecule is CN=C(NCC1CCCO1)NCC(C)(C)c1ccc2c(c1)OCCO2.I. The van der Waals surface area contributed by atoms with Crippen molar-refractivity contribution in [3.63, 3.8) is 0 Å². The van der Waals surface area contributed by atoms with Gasteiger partial charge >= 0.3 is 0 Å². The Hall–Kier alpha value is -1.22. The summed E-state index contributed by atoms with van der Waals surface area (Å²) in [6, 6.07) is 6.19. The van der Waals surface area contributed by atoms with Crippen LogP contribution in [0.3, 0.4) is 0 Å². The number of guanidine groups is 1. The van der Waals surface area contributed by atoms with Gasteiger partial charge in [-0.3, -0.25) is 4.99 Å². The van der Waals surface area contributed by atoms with E-state index in [1.807, 2.05) is 6.07 Å². The summed E-state index contributed by atoms with van der Waals surface area (Å²) in [6.07, 6.45) is 2.56. The Morgan fingerprint density at radius 3 is 2.62 bits per heavy atom. The molecule has 1 atom stereocenters. The van der Waals surface area contributed by atoms with E-state index < -0.39 is 0 Å². The molecular formula is C19H30IN3O3. The number of hydrogen-bond donors (Lipinski definition) is 2. The first-order chi connectivity index (χ1) is 12.1. The molecule has 0 aliphatic carbocycles. The van der Waals surface area contributed by atoms with Crippen molar-refractivity contribution in [3.8, 4) is 11.5 Å². The second-order valence-corrected chi connectivity index (χ2v) is 7.18. The summed E-state index contributed by atoms with van der Waals surface area (Å²) >= 11 is 0. The number of aliphatic imine (C=N–C) groups is 1. The van der Waals surface area contributed by atoms with Gasteiger partial charge in [0.15, 0.2) is 17.5 Å². The highest BCUT2D eigenvalue weighted by Crippen LogP contribution is 2.34. The Morgan fingerprint density at radius 1 is 1.15 bits per heavy atom. The molecular weight excluding hydrogens is 445 g/mol. The number of nitrogens with one attached hydrogen (secondary N) is 2. The third-order valence-corrected chi connectivity index (χ3v) is 4.77. The van der Waals surface area contributed by atoms with Crippen LogP contribution in [0, 0.1) is 0 Å². The van der Waals surface area contributed by atoms with Crippen LogP contribution in [0.2, 0.25) is 0 Å². The summed E-state index contributed by atoms with van der Waals surface area (Å²) in [5, 5.41) is 6.78. The van der Waals surface area contributed by atoms with Crippen LogP contribution in [-0.2, 0) is 10.2 Å². The molecule has 0 aromatic heterocycles. The first-order valence-electron chi connectivity index (χ1n) is 9.05. The molecule has 1 fully saturated rings. The largest absolute Gasteiger partial charge is 0.486 e. The average molecular weight is 475 g/mol. The first kappa shape index (κ1) is 21.1. The van der Waals surface area contributed by atoms with Gasteiger partial charge in [-0.25, -0.2) is 0 Å². The van der Waals surface area contributed by atoms with E-state index in [1.54, 1.807) is 7.05 Å². The lowest BCUT2D eigenvalue weighted by molar-refractivity contribution is 0.114. The van der Waals surface area contributed by atoms with E-state index in [4.69, 9.17) is 14.2 Å². The first-order valence-corrected chi connectivity index (χ1v) is 9.05. The van der Waals surface area contributed by atoms with Gasteiger partial charge in [-0.15, -0.1) is 24.0 Å².